The van der Waals surface area contributed by atoms with Crippen LogP contribution in [0.15, 0.2) is 40.1 Å². The van der Waals surface area contributed by atoms with Crippen LogP contribution < -0.4 is 19.8 Å². The molecule has 3 aromatic rings. The number of hydrogen-bond donors (Lipinski definition) is 2. The van der Waals surface area contributed by atoms with E-state index in [-0.39, 0.29) is 29.0 Å². The highest BCUT2D eigenvalue weighted by molar-refractivity contribution is 7.71. The average Bonchev–Trinajstić information content (AvgIpc) is 3.30. The molecular formula is C24H23FN4O5S. The molecule has 2 N–H and O–H groups in total. The maximum atomic E-state index is 13.4. The molecule has 35 heavy (non-hydrogen) atoms. The lowest BCUT2D eigenvalue weighted by Crippen LogP contribution is -2.34. The van der Waals surface area contributed by atoms with Crippen LogP contribution in [-0.4, -0.2) is 59.8 Å². The molecule has 2 aromatic carbocycles. The molecular weight excluding hydrogens is 475 g/mol. The van der Waals surface area contributed by atoms with Gasteiger partial charge in [0.25, 0.3) is 5.56 Å². The van der Waals surface area contributed by atoms with Gasteiger partial charge in [0, 0.05) is 18.3 Å². The number of ether oxygens (including phenoxy) is 3. The third kappa shape index (κ3) is 4.06. The molecule has 0 bridgehead atoms. The summed E-state index contributed by atoms with van der Waals surface area (Å²) >= 11 is 5.21. The second-order valence-electron chi connectivity index (χ2n) is 8.27. The summed E-state index contributed by atoms with van der Waals surface area (Å²) in [7, 11) is 3.58. The molecule has 5 rings (SSSR count). The molecule has 0 fully saturated rings. The van der Waals surface area contributed by atoms with Crippen LogP contribution in [0.1, 0.15) is 22.7 Å². The number of rotatable bonds is 5. The van der Waals surface area contributed by atoms with Crippen LogP contribution >= 0.6 is 12.2 Å². The number of hydrogen-bond acceptors (Lipinski definition) is 8. The molecule has 0 unspecified atom stereocenters. The topological polar surface area (TPSA) is 101 Å². The number of halogens is 1. The Bertz CT molecular complexity index is 1430. The number of aromatic amines is 1. The second kappa shape index (κ2) is 9.16. The summed E-state index contributed by atoms with van der Waals surface area (Å²) in [6.45, 7) is 1.24. The van der Waals surface area contributed by atoms with E-state index >= 15 is 0 Å². The third-order valence-electron chi connectivity index (χ3n) is 6.25. The van der Waals surface area contributed by atoms with Gasteiger partial charge in [0.15, 0.2) is 16.3 Å². The Balaban J connectivity index is 1.50. The normalized spacial score (nSPS) is 17.1. The first-order chi connectivity index (χ1) is 16.9. The summed E-state index contributed by atoms with van der Waals surface area (Å²) in [5.74, 6) is 1.05. The van der Waals surface area contributed by atoms with Crippen molar-refractivity contribution in [3.05, 3.63) is 68.0 Å². The minimum Gasteiger partial charge on any atom is -0.494 e. The summed E-state index contributed by atoms with van der Waals surface area (Å²) < 4.78 is 31.5. The Hall–Kier alpha value is -3.70. The fourth-order valence-electron chi connectivity index (χ4n) is 4.48. The molecule has 0 radical (unpaired) electrons. The molecule has 1 aromatic heterocycles. The Morgan fingerprint density at radius 2 is 2.11 bits per heavy atom. The van der Waals surface area contributed by atoms with Gasteiger partial charge in [-0.25, -0.2) is 4.39 Å². The lowest BCUT2D eigenvalue weighted by molar-refractivity contribution is 0.170. The van der Waals surface area contributed by atoms with Crippen LogP contribution in [0.5, 0.6) is 23.1 Å². The van der Waals surface area contributed by atoms with Crippen molar-refractivity contribution < 1.29 is 23.7 Å². The van der Waals surface area contributed by atoms with Gasteiger partial charge in [0.05, 0.1) is 25.4 Å². The van der Waals surface area contributed by atoms with Crippen LogP contribution in [0, 0.1) is 10.6 Å². The van der Waals surface area contributed by atoms with Crippen molar-refractivity contribution in [2.45, 2.75) is 12.5 Å². The fourth-order valence-corrected chi connectivity index (χ4v) is 4.77. The zero-order chi connectivity index (χ0) is 24.7. The number of methoxy groups -OCH3 is 1. The van der Waals surface area contributed by atoms with E-state index in [1.165, 1.54) is 35.0 Å². The zero-order valence-electron chi connectivity index (χ0n) is 19.1. The quantitative estimate of drug-likeness (QED) is 0.412. The number of aromatic hydroxyl groups is 1. The number of aliphatic imine (C=N–C) groups is 1. The smallest absolute Gasteiger partial charge is 0.264 e. The van der Waals surface area contributed by atoms with Gasteiger partial charge < -0.3 is 19.3 Å². The van der Waals surface area contributed by atoms with E-state index < -0.39 is 11.4 Å². The van der Waals surface area contributed by atoms with Crippen molar-refractivity contribution in [1.82, 2.24) is 14.5 Å². The number of nitrogens with one attached hydrogen (secondary N) is 1. The van der Waals surface area contributed by atoms with Gasteiger partial charge in [-0.1, -0.05) is 0 Å². The molecule has 0 saturated carbocycles. The molecule has 2 aliphatic heterocycles. The second-order valence-corrected chi connectivity index (χ2v) is 8.65. The molecule has 0 saturated heterocycles. The Kier molecular flexibility index (Phi) is 6.03. The molecule has 0 aliphatic carbocycles. The minimum absolute atomic E-state index is 0.0157. The standard InChI is InChI=1S/C24H23FN4O5S/c1-28-8-7-13-9-18-20(34-12-33-18)21(32-2)19(13)17(28)11-26-10-16-22(30)27-24(35)29(23(16)31)15-5-3-14(25)4-6-15/h3-6,9-10,17,31H,7-8,11-12H2,1-2H3,(H,27,30,35)/t17-/m1/s1. The van der Waals surface area contributed by atoms with Gasteiger partial charge in [-0.2, -0.15) is 0 Å². The van der Waals surface area contributed by atoms with E-state index in [1.54, 1.807) is 7.11 Å². The summed E-state index contributed by atoms with van der Waals surface area (Å²) in [5, 5.41) is 10.8. The lowest BCUT2D eigenvalue weighted by atomic mass is 9.91. The SMILES string of the molecule is COc1c2c(cc3c1[C@@H](CN=Cc1c(O)n(-c4ccc(F)cc4)c(=S)[nH]c1=O)N(C)CC3)OCO2. The summed E-state index contributed by atoms with van der Waals surface area (Å²) in [6.07, 6.45) is 2.14. The molecule has 9 nitrogen and oxygen atoms in total. The van der Waals surface area contributed by atoms with Crippen LogP contribution in [-0.2, 0) is 6.42 Å². The van der Waals surface area contributed by atoms with E-state index in [2.05, 4.69) is 14.9 Å². The van der Waals surface area contributed by atoms with E-state index in [4.69, 9.17) is 26.4 Å². The highest BCUT2D eigenvalue weighted by Crippen LogP contribution is 2.49. The maximum absolute atomic E-state index is 13.4. The van der Waals surface area contributed by atoms with Gasteiger partial charge >= 0.3 is 0 Å². The van der Waals surface area contributed by atoms with Crippen LogP contribution in [0.4, 0.5) is 4.39 Å². The highest BCUT2D eigenvalue weighted by atomic mass is 32.1. The minimum atomic E-state index is -0.576. The number of likely N-dealkylation sites (N-methyl/N-ethyl adjacent to an activating group) is 1. The van der Waals surface area contributed by atoms with Crippen LogP contribution in [0.25, 0.3) is 5.69 Å². The summed E-state index contributed by atoms with van der Waals surface area (Å²) in [4.78, 5) is 21.8. The molecule has 3 heterocycles. The molecule has 1 atom stereocenters. The van der Waals surface area contributed by atoms with Crippen molar-refractivity contribution in [1.29, 1.82) is 0 Å². The van der Waals surface area contributed by atoms with Gasteiger partial charge in [-0.05, 0) is 61.6 Å². The van der Waals surface area contributed by atoms with E-state index in [1.807, 2.05) is 13.1 Å². The van der Waals surface area contributed by atoms with Crippen molar-refractivity contribution in [3.63, 3.8) is 0 Å². The zero-order valence-corrected chi connectivity index (χ0v) is 19.9. The van der Waals surface area contributed by atoms with Crippen molar-refractivity contribution in [2.24, 2.45) is 4.99 Å². The Labute approximate surface area is 205 Å². The first kappa shape index (κ1) is 23.1. The molecule has 0 amide bonds. The number of H-pyrrole nitrogens is 1. The largest absolute Gasteiger partial charge is 0.494 e. The van der Waals surface area contributed by atoms with Gasteiger partial charge in [-0.3, -0.25) is 24.2 Å². The van der Waals surface area contributed by atoms with Gasteiger partial charge in [0.1, 0.15) is 11.4 Å². The molecule has 11 heteroatoms. The molecule has 182 valence electrons. The highest BCUT2D eigenvalue weighted by Gasteiger charge is 2.33. The van der Waals surface area contributed by atoms with Gasteiger partial charge in [0.2, 0.25) is 18.4 Å². The van der Waals surface area contributed by atoms with Crippen LogP contribution in [0.2, 0.25) is 0 Å². The Morgan fingerprint density at radius 1 is 1.34 bits per heavy atom. The number of aromatic nitrogens is 2. The summed E-state index contributed by atoms with van der Waals surface area (Å²) in [5.41, 5.74) is 1.83. The van der Waals surface area contributed by atoms with E-state index in [9.17, 15) is 14.3 Å². The fraction of sp³-hybridized carbons (Fsp3) is 0.292. The molecule has 2 aliphatic rings. The first-order valence-corrected chi connectivity index (χ1v) is 11.3. The number of fused-ring (bicyclic) bond motifs is 2. The Morgan fingerprint density at radius 3 is 2.86 bits per heavy atom. The predicted molar refractivity (Wildman–Crippen MR) is 129 cm³/mol. The van der Waals surface area contributed by atoms with Gasteiger partial charge in [-0.15, -0.1) is 0 Å². The lowest BCUT2D eigenvalue weighted by Gasteiger charge is -2.35. The monoisotopic (exact) mass is 498 g/mol. The maximum Gasteiger partial charge on any atom is 0.264 e. The van der Waals surface area contributed by atoms with Crippen molar-refractivity contribution in [3.8, 4) is 28.8 Å². The summed E-state index contributed by atoms with van der Waals surface area (Å²) in [6, 6.07) is 7.22. The van der Waals surface area contributed by atoms with E-state index in [0.29, 0.717) is 29.5 Å². The average molecular weight is 499 g/mol. The van der Waals surface area contributed by atoms with Crippen molar-refractivity contribution >= 4 is 18.4 Å². The third-order valence-corrected chi connectivity index (χ3v) is 6.54. The number of nitrogens with zero attached hydrogens (tertiary/aromatic N) is 3. The van der Waals surface area contributed by atoms with E-state index in [0.717, 1.165) is 24.1 Å². The van der Waals surface area contributed by atoms with Crippen LogP contribution in [0.3, 0.4) is 0 Å². The number of benzene rings is 2. The van der Waals surface area contributed by atoms with Crippen molar-refractivity contribution in [2.75, 3.05) is 34.0 Å². The molecule has 0 spiro atoms. The predicted octanol–water partition coefficient (Wildman–Crippen LogP) is 3.13. The first-order valence-electron chi connectivity index (χ1n) is 10.9.